The van der Waals surface area contributed by atoms with Crippen LogP contribution < -0.4 is 10.6 Å². The fourth-order valence-electron chi connectivity index (χ4n) is 2.11. The van der Waals surface area contributed by atoms with Crippen LogP contribution in [0.2, 0.25) is 0 Å². The van der Waals surface area contributed by atoms with Crippen molar-refractivity contribution in [2.24, 2.45) is 0 Å². The van der Waals surface area contributed by atoms with Gasteiger partial charge in [0.2, 0.25) is 0 Å². The van der Waals surface area contributed by atoms with Crippen LogP contribution in [0.5, 0.6) is 0 Å². The minimum atomic E-state index is 0.453. The van der Waals surface area contributed by atoms with Crippen molar-refractivity contribution < 1.29 is 0 Å². The minimum Gasteiger partial charge on any atom is -0.373 e. The standard InChI is InChI=1S/C15H28N4/c1-6-8-9-10-11(3)17-15-12(4)14(16-5)18-13(7-2)19-15/h11H,6-10H2,1-5H3,(H2,16,17,18,19). The van der Waals surface area contributed by atoms with Gasteiger partial charge < -0.3 is 10.6 Å². The Hall–Kier alpha value is -1.32. The number of rotatable bonds is 8. The molecule has 0 spiro atoms. The molecule has 1 heterocycles. The zero-order valence-corrected chi connectivity index (χ0v) is 13.0. The molecule has 0 aliphatic carbocycles. The maximum Gasteiger partial charge on any atom is 0.134 e. The number of unbranched alkanes of at least 4 members (excludes halogenated alkanes) is 2. The SMILES string of the molecule is CCCCCC(C)Nc1nc(CC)nc(NC)c1C. The highest BCUT2D eigenvalue weighted by molar-refractivity contribution is 5.57. The van der Waals surface area contributed by atoms with Crippen LogP contribution in [0.4, 0.5) is 11.6 Å². The van der Waals surface area contributed by atoms with Crippen LogP contribution in [0.25, 0.3) is 0 Å². The third kappa shape index (κ3) is 4.69. The highest BCUT2D eigenvalue weighted by Crippen LogP contribution is 2.21. The molecule has 0 aromatic carbocycles. The van der Waals surface area contributed by atoms with Gasteiger partial charge in [-0.05, 0) is 20.3 Å². The number of nitrogens with one attached hydrogen (secondary N) is 2. The normalized spacial score (nSPS) is 12.3. The van der Waals surface area contributed by atoms with Gasteiger partial charge in [0.25, 0.3) is 0 Å². The summed E-state index contributed by atoms with van der Waals surface area (Å²) in [6, 6.07) is 0.453. The number of aryl methyl sites for hydroxylation is 1. The molecule has 1 aromatic heterocycles. The lowest BCUT2D eigenvalue weighted by molar-refractivity contribution is 0.613. The van der Waals surface area contributed by atoms with E-state index in [1.165, 1.54) is 25.7 Å². The Morgan fingerprint density at radius 1 is 1.11 bits per heavy atom. The van der Waals surface area contributed by atoms with E-state index in [-0.39, 0.29) is 0 Å². The molecule has 1 atom stereocenters. The van der Waals surface area contributed by atoms with Crippen LogP contribution in [0.1, 0.15) is 57.8 Å². The molecule has 0 fully saturated rings. The van der Waals surface area contributed by atoms with Gasteiger partial charge in [0.05, 0.1) is 0 Å². The van der Waals surface area contributed by atoms with Crippen molar-refractivity contribution in [1.82, 2.24) is 9.97 Å². The van der Waals surface area contributed by atoms with Crippen molar-refractivity contribution in [2.75, 3.05) is 17.7 Å². The van der Waals surface area contributed by atoms with Crippen molar-refractivity contribution in [2.45, 2.75) is 65.8 Å². The van der Waals surface area contributed by atoms with E-state index in [4.69, 9.17) is 0 Å². The third-order valence-electron chi connectivity index (χ3n) is 3.37. The van der Waals surface area contributed by atoms with Crippen LogP contribution >= 0.6 is 0 Å². The first-order chi connectivity index (χ1) is 9.12. The predicted octanol–water partition coefficient (Wildman–Crippen LogP) is 3.77. The first kappa shape index (κ1) is 15.7. The molecule has 0 bridgehead atoms. The number of hydrogen-bond acceptors (Lipinski definition) is 4. The second kappa shape index (κ2) is 7.97. The van der Waals surface area contributed by atoms with Gasteiger partial charge in [-0.15, -0.1) is 0 Å². The average Bonchev–Trinajstić information content (AvgIpc) is 2.41. The average molecular weight is 264 g/mol. The van der Waals surface area contributed by atoms with E-state index >= 15 is 0 Å². The zero-order valence-electron chi connectivity index (χ0n) is 13.0. The molecule has 4 heteroatoms. The van der Waals surface area contributed by atoms with Gasteiger partial charge in [-0.1, -0.05) is 33.1 Å². The van der Waals surface area contributed by atoms with E-state index < -0.39 is 0 Å². The first-order valence-corrected chi connectivity index (χ1v) is 7.44. The fourth-order valence-corrected chi connectivity index (χ4v) is 2.11. The van der Waals surface area contributed by atoms with E-state index in [0.717, 1.165) is 29.4 Å². The number of aromatic nitrogens is 2. The van der Waals surface area contributed by atoms with Crippen LogP contribution in [-0.2, 0) is 6.42 Å². The largest absolute Gasteiger partial charge is 0.373 e. The van der Waals surface area contributed by atoms with Crippen LogP contribution in [0.15, 0.2) is 0 Å². The fraction of sp³-hybridized carbons (Fsp3) is 0.733. The van der Waals surface area contributed by atoms with Crippen LogP contribution in [-0.4, -0.2) is 23.1 Å². The first-order valence-electron chi connectivity index (χ1n) is 7.44. The second-order valence-electron chi connectivity index (χ2n) is 5.11. The highest BCUT2D eigenvalue weighted by atomic mass is 15.1. The van der Waals surface area contributed by atoms with Crippen LogP contribution in [0.3, 0.4) is 0 Å². The van der Waals surface area contributed by atoms with Gasteiger partial charge in [-0.2, -0.15) is 0 Å². The molecule has 0 amide bonds. The maximum absolute atomic E-state index is 4.61. The molecule has 2 N–H and O–H groups in total. The number of nitrogens with zero attached hydrogens (tertiary/aromatic N) is 2. The monoisotopic (exact) mass is 264 g/mol. The Morgan fingerprint density at radius 3 is 2.37 bits per heavy atom. The van der Waals surface area contributed by atoms with Gasteiger partial charge in [0, 0.05) is 25.1 Å². The molecule has 0 aliphatic rings. The van der Waals surface area contributed by atoms with Gasteiger partial charge in [0.1, 0.15) is 17.5 Å². The summed E-state index contributed by atoms with van der Waals surface area (Å²) in [4.78, 5) is 9.10. The molecule has 1 rings (SSSR count). The summed E-state index contributed by atoms with van der Waals surface area (Å²) in [5.41, 5.74) is 1.10. The topological polar surface area (TPSA) is 49.8 Å². The lowest BCUT2D eigenvalue weighted by Gasteiger charge is -2.18. The summed E-state index contributed by atoms with van der Waals surface area (Å²) in [6.45, 7) is 8.60. The zero-order chi connectivity index (χ0) is 14.3. The summed E-state index contributed by atoms with van der Waals surface area (Å²) >= 11 is 0. The molecular formula is C15H28N4. The van der Waals surface area contributed by atoms with Crippen LogP contribution in [0, 0.1) is 6.92 Å². The summed E-state index contributed by atoms with van der Waals surface area (Å²) in [6.07, 6.45) is 5.88. The predicted molar refractivity (Wildman–Crippen MR) is 82.9 cm³/mol. The summed E-state index contributed by atoms with van der Waals surface area (Å²) in [5.74, 6) is 2.79. The third-order valence-corrected chi connectivity index (χ3v) is 3.37. The highest BCUT2D eigenvalue weighted by Gasteiger charge is 2.11. The molecule has 4 nitrogen and oxygen atoms in total. The Labute approximate surface area is 117 Å². The Balaban J connectivity index is 2.75. The van der Waals surface area contributed by atoms with Gasteiger partial charge in [-0.25, -0.2) is 9.97 Å². The quantitative estimate of drug-likeness (QED) is 0.702. The van der Waals surface area contributed by atoms with Crippen molar-refractivity contribution in [3.63, 3.8) is 0 Å². The van der Waals surface area contributed by atoms with Gasteiger partial charge in [-0.3, -0.25) is 0 Å². The van der Waals surface area contributed by atoms with Crippen molar-refractivity contribution in [3.05, 3.63) is 11.4 Å². The summed E-state index contributed by atoms with van der Waals surface area (Å²) in [7, 11) is 1.91. The molecule has 1 unspecified atom stereocenters. The van der Waals surface area contributed by atoms with Crippen molar-refractivity contribution in [3.8, 4) is 0 Å². The lowest BCUT2D eigenvalue weighted by Crippen LogP contribution is -2.18. The number of anilines is 2. The molecule has 108 valence electrons. The Kier molecular flexibility index (Phi) is 6.60. The van der Waals surface area contributed by atoms with E-state index in [0.29, 0.717) is 6.04 Å². The molecular weight excluding hydrogens is 236 g/mol. The Morgan fingerprint density at radius 2 is 1.79 bits per heavy atom. The number of hydrogen-bond donors (Lipinski definition) is 2. The summed E-state index contributed by atoms with van der Waals surface area (Å²) in [5, 5.41) is 6.67. The Bertz CT molecular complexity index is 390. The molecule has 1 aromatic rings. The molecule has 0 radical (unpaired) electrons. The smallest absolute Gasteiger partial charge is 0.134 e. The summed E-state index contributed by atoms with van der Waals surface area (Å²) < 4.78 is 0. The lowest BCUT2D eigenvalue weighted by atomic mass is 10.1. The van der Waals surface area contributed by atoms with E-state index in [9.17, 15) is 0 Å². The van der Waals surface area contributed by atoms with Crippen molar-refractivity contribution >= 4 is 11.6 Å². The molecule has 0 saturated carbocycles. The van der Waals surface area contributed by atoms with E-state index in [1.54, 1.807) is 0 Å². The maximum atomic E-state index is 4.61. The van der Waals surface area contributed by atoms with Gasteiger partial charge >= 0.3 is 0 Å². The van der Waals surface area contributed by atoms with E-state index in [1.807, 2.05) is 7.05 Å². The van der Waals surface area contributed by atoms with Gasteiger partial charge in [0.15, 0.2) is 0 Å². The molecule has 0 saturated heterocycles. The molecule has 0 aliphatic heterocycles. The second-order valence-corrected chi connectivity index (χ2v) is 5.11. The van der Waals surface area contributed by atoms with E-state index in [2.05, 4.69) is 48.3 Å². The molecule has 19 heavy (non-hydrogen) atoms. The minimum absolute atomic E-state index is 0.453. The van der Waals surface area contributed by atoms with Crippen molar-refractivity contribution in [1.29, 1.82) is 0 Å².